The van der Waals surface area contributed by atoms with Crippen molar-refractivity contribution in [1.82, 2.24) is 4.90 Å². The predicted octanol–water partition coefficient (Wildman–Crippen LogP) is 4.64. The van der Waals surface area contributed by atoms with Gasteiger partial charge in [0.05, 0.1) is 43.7 Å². The maximum atomic E-state index is 13.7. The third-order valence-corrected chi connectivity index (χ3v) is 6.81. The lowest BCUT2D eigenvalue weighted by molar-refractivity contribution is -0.130. The van der Waals surface area contributed by atoms with E-state index in [1.807, 2.05) is 24.3 Å². The van der Waals surface area contributed by atoms with Crippen molar-refractivity contribution >= 4 is 23.4 Å². The number of β-lactam (4-membered cyclic amide) rings is 1. The van der Waals surface area contributed by atoms with E-state index in [0.29, 0.717) is 40.7 Å². The molecule has 8 nitrogen and oxygen atoms in total. The van der Waals surface area contributed by atoms with Gasteiger partial charge in [0.25, 0.3) is 17.7 Å². The van der Waals surface area contributed by atoms with Crippen LogP contribution in [0.3, 0.4) is 0 Å². The van der Waals surface area contributed by atoms with Gasteiger partial charge < -0.3 is 14.2 Å². The minimum atomic E-state index is -0.994. The minimum Gasteiger partial charge on any atom is -0.497 e. The number of unbranched alkanes of at least 4 members (excludes halogenated alkanes) is 1. The summed E-state index contributed by atoms with van der Waals surface area (Å²) in [7, 11) is 3.07. The summed E-state index contributed by atoms with van der Waals surface area (Å²) in [5.74, 6) is 0.434. The normalized spacial score (nSPS) is 18.5. The number of hydrogen-bond donors (Lipinski definition) is 0. The van der Waals surface area contributed by atoms with Crippen molar-refractivity contribution in [2.45, 2.75) is 31.8 Å². The first-order valence-corrected chi connectivity index (χ1v) is 12.2. The van der Waals surface area contributed by atoms with E-state index in [1.165, 1.54) is 7.11 Å². The first-order valence-electron chi connectivity index (χ1n) is 12.2. The molecule has 0 aliphatic carbocycles. The van der Waals surface area contributed by atoms with Crippen LogP contribution < -0.4 is 19.1 Å². The molecule has 37 heavy (non-hydrogen) atoms. The first-order chi connectivity index (χ1) is 18.0. The molecule has 0 N–H and O–H groups in total. The van der Waals surface area contributed by atoms with Crippen LogP contribution in [-0.2, 0) is 4.79 Å². The number of anilines is 1. The summed E-state index contributed by atoms with van der Waals surface area (Å²) in [6, 6.07) is 17.6. The molecule has 8 heteroatoms. The quantitative estimate of drug-likeness (QED) is 0.242. The Morgan fingerprint density at radius 1 is 0.757 bits per heavy atom. The van der Waals surface area contributed by atoms with E-state index in [9.17, 15) is 14.4 Å². The fraction of sp³-hybridized carbons (Fsp3) is 0.276. The highest BCUT2D eigenvalue weighted by atomic mass is 16.5. The Morgan fingerprint density at radius 3 is 2.00 bits per heavy atom. The average molecular weight is 501 g/mol. The molecule has 0 bridgehead atoms. The third-order valence-electron chi connectivity index (χ3n) is 6.81. The second kappa shape index (κ2) is 9.97. The summed E-state index contributed by atoms with van der Waals surface area (Å²) in [6.07, 6.45) is 1.98. The summed E-state index contributed by atoms with van der Waals surface area (Å²) in [5, 5.41) is 0. The SMILES string of the molecule is CCCCOc1ccc([C@@H]2[C@H](N3C(=O)c4ccccc4C3=O)C(=O)N2c2ccc(OC)cc2OC)cc1. The molecule has 1 fully saturated rings. The zero-order valence-electron chi connectivity index (χ0n) is 21.0. The van der Waals surface area contributed by atoms with Crippen molar-refractivity contribution in [3.8, 4) is 17.2 Å². The number of hydrogen-bond acceptors (Lipinski definition) is 6. The van der Waals surface area contributed by atoms with Gasteiger partial charge in [0, 0.05) is 6.07 Å². The van der Waals surface area contributed by atoms with Crippen LogP contribution in [0.15, 0.2) is 66.7 Å². The maximum Gasteiger partial charge on any atom is 0.262 e. The van der Waals surface area contributed by atoms with Crippen LogP contribution in [0.5, 0.6) is 17.2 Å². The highest BCUT2D eigenvalue weighted by Crippen LogP contribution is 2.47. The highest BCUT2D eigenvalue weighted by molar-refractivity contribution is 6.24. The molecule has 190 valence electrons. The van der Waals surface area contributed by atoms with Crippen LogP contribution >= 0.6 is 0 Å². The number of rotatable bonds is 9. The molecule has 3 amide bonds. The Balaban J connectivity index is 1.54. The van der Waals surface area contributed by atoms with Gasteiger partial charge in [-0.25, -0.2) is 0 Å². The average Bonchev–Trinajstić information content (AvgIpc) is 3.17. The smallest absolute Gasteiger partial charge is 0.262 e. The topological polar surface area (TPSA) is 85.4 Å². The molecular weight excluding hydrogens is 472 g/mol. The second-order valence-corrected chi connectivity index (χ2v) is 8.93. The molecule has 1 saturated heterocycles. The second-order valence-electron chi connectivity index (χ2n) is 8.93. The van der Waals surface area contributed by atoms with Gasteiger partial charge >= 0.3 is 0 Å². The molecule has 2 aliphatic rings. The van der Waals surface area contributed by atoms with Gasteiger partial charge in [0.15, 0.2) is 0 Å². The molecule has 2 atom stereocenters. The number of fused-ring (bicyclic) bond motifs is 1. The number of amides is 3. The monoisotopic (exact) mass is 500 g/mol. The lowest BCUT2D eigenvalue weighted by Crippen LogP contribution is -2.67. The Hall–Kier alpha value is -4.33. The standard InChI is InChI=1S/C29H28N2O6/c1-4-5-16-37-19-12-10-18(11-13-19)25-26(31-27(32)21-8-6-7-9-22(21)28(31)33)29(34)30(25)23-15-14-20(35-2)17-24(23)36-3/h6-15,17,25-26H,4-5,16H2,1-3H3/t25-,26+/m1/s1. The van der Waals surface area contributed by atoms with Gasteiger partial charge in [0.1, 0.15) is 23.3 Å². The Morgan fingerprint density at radius 2 is 1.41 bits per heavy atom. The van der Waals surface area contributed by atoms with Crippen LogP contribution in [0.4, 0.5) is 5.69 Å². The lowest BCUT2D eigenvalue weighted by atomic mass is 9.86. The molecule has 0 spiro atoms. The van der Waals surface area contributed by atoms with E-state index in [2.05, 4.69) is 6.92 Å². The predicted molar refractivity (Wildman–Crippen MR) is 137 cm³/mol. The molecule has 2 aliphatic heterocycles. The Labute approximate surface area is 215 Å². The van der Waals surface area contributed by atoms with E-state index in [0.717, 1.165) is 23.3 Å². The summed E-state index contributed by atoms with van der Waals surface area (Å²) >= 11 is 0. The molecule has 5 rings (SSSR count). The third kappa shape index (κ3) is 4.08. The lowest BCUT2D eigenvalue weighted by Gasteiger charge is -2.50. The number of ether oxygens (including phenoxy) is 3. The molecule has 0 radical (unpaired) electrons. The van der Waals surface area contributed by atoms with Gasteiger partial charge in [-0.3, -0.25) is 24.2 Å². The van der Waals surface area contributed by atoms with Gasteiger partial charge in [-0.15, -0.1) is 0 Å². The Kier molecular flexibility index (Phi) is 6.56. The summed E-state index contributed by atoms with van der Waals surface area (Å²) in [5.41, 5.74) is 1.90. The number of methoxy groups -OCH3 is 2. The number of nitrogens with zero attached hydrogens (tertiary/aromatic N) is 2. The van der Waals surface area contributed by atoms with E-state index in [-0.39, 0.29) is 5.91 Å². The van der Waals surface area contributed by atoms with E-state index in [4.69, 9.17) is 14.2 Å². The number of carbonyl (C=O) groups excluding carboxylic acids is 3. The summed E-state index contributed by atoms with van der Waals surface area (Å²) in [4.78, 5) is 42.9. The zero-order chi connectivity index (χ0) is 26.1. The molecule has 2 heterocycles. The fourth-order valence-corrected chi connectivity index (χ4v) is 4.87. The van der Waals surface area contributed by atoms with Crippen molar-refractivity contribution in [2.75, 3.05) is 25.7 Å². The summed E-state index contributed by atoms with van der Waals surface area (Å²) in [6.45, 7) is 2.71. The van der Waals surface area contributed by atoms with Gasteiger partial charge in [-0.1, -0.05) is 37.6 Å². The number of carbonyl (C=O) groups is 3. The molecular formula is C29H28N2O6. The largest absolute Gasteiger partial charge is 0.497 e. The zero-order valence-corrected chi connectivity index (χ0v) is 21.0. The van der Waals surface area contributed by atoms with E-state index >= 15 is 0 Å². The van der Waals surface area contributed by atoms with Gasteiger partial charge in [0.2, 0.25) is 0 Å². The molecule has 3 aromatic rings. The van der Waals surface area contributed by atoms with E-state index in [1.54, 1.807) is 54.5 Å². The summed E-state index contributed by atoms with van der Waals surface area (Å²) < 4.78 is 16.7. The molecule has 0 saturated carbocycles. The van der Waals surface area contributed by atoms with Crippen molar-refractivity contribution in [2.24, 2.45) is 0 Å². The van der Waals surface area contributed by atoms with Gasteiger partial charge in [-0.2, -0.15) is 0 Å². The fourth-order valence-electron chi connectivity index (χ4n) is 4.87. The van der Waals surface area contributed by atoms with Crippen LogP contribution in [0, 0.1) is 0 Å². The van der Waals surface area contributed by atoms with Crippen molar-refractivity contribution < 1.29 is 28.6 Å². The Bertz CT molecular complexity index is 1320. The van der Waals surface area contributed by atoms with Crippen LogP contribution in [-0.4, -0.2) is 49.5 Å². The van der Waals surface area contributed by atoms with Crippen molar-refractivity contribution in [3.63, 3.8) is 0 Å². The van der Waals surface area contributed by atoms with Gasteiger partial charge in [-0.05, 0) is 48.4 Å². The highest BCUT2D eigenvalue weighted by Gasteiger charge is 2.57. The molecule has 0 unspecified atom stereocenters. The maximum absolute atomic E-state index is 13.7. The van der Waals surface area contributed by atoms with Crippen LogP contribution in [0.1, 0.15) is 52.1 Å². The van der Waals surface area contributed by atoms with E-state index < -0.39 is 23.9 Å². The number of imide groups is 1. The van der Waals surface area contributed by atoms with Crippen molar-refractivity contribution in [3.05, 3.63) is 83.4 Å². The molecule has 3 aromatic carbocycles. The van der Waals surface area contributed by atoms with Crippen molar-refractivity contribution in [1.29, 1.82) is 0 Å². The first kappa shape index (κ1) is 24.4. The number of benzene rings is 3. The minimum absolute atomic E-state index is 0.305. The molecule has 0 aromatic heterocycles. The van der Waals surface area contributed by atoms with Crippen LogP contribution in [0.2, 0.25) is 0 Å². The van der Waals surface area contributed by atoms with Crippen LogP contribution in [0.25, 0.3) is 0 Å².